The molecule has 2 aromatic rings. The molecule has 2 aliphatic rings. The number of methoxy groups -OCH3 is 2. The summed E-state index contributed by atoms with van der Waals surface area (Å²) in [6.45, 7) is 0.836. The Morgan fingerprint density at radius 1 is 1.06 bits per heavy atom. The Kier molecular flexibility index (Phi) is 5.54. The smallest absolute Gasteiger partial charge is 0.322 e. The number of nitrogens with zero attached hydrogens (tertiary/aromatic N) is 2. The first-order valence-electron chi connectivity index (χ1n) is 9.95. The van der Waals surface area contributed by atoms with Crippen molar-refractivity contribution in [2.45, 2.75) is 12.5 Å². The third kappa shape index (κ3) is 3.81. The first-order valence-corrected chi connectivity index (χ1v) is 9.95. The van der Waals surface area contributed by atoms with Crippen LogP contribution in [0.5, 0.6) is 11.5 Å². The average Bonchev–Trinajstić information content (AvgIpc) is 3.11. The number of ether oxygens (including phenoxy) is 2. The summed E-state index contributed by atoms with van der Waals surface area (Å²) < 4.78 is 24.0. The van der Waals surface area contributed by atoms with E-state index in [1.165, 1.54) is 17.0 Å². The zero-order chi connectivity index (χ0) is 22.1. The minimum absolute atomic E-state index is 0.128. The quantitative estimate of drug-likeness (QED) is 0.773. The predicted molar refractivity (Wildman–Crippen MR) is 112 cm³/mol. The van der Waals surface area contributed by atoms with Gasteiger partial charge in [-0.25, -0.2) is 9.18 Å². The Labute approximate surface area is 180 Å². The third-order valence-electron chi connectivity index (χ3n) is 5.76. The number of amides is 3. The molecular weight excluding hydrogens is 401 g/mol. The van der Waals surface area contributed by atoms with Crippen LogP contribution in [-0.2, 0) is 11.2 Å². The van der Waals surface area contributed by atoms with Crippen molar-refractivity contribution in [3.8, 4) is 11.5 Å². The number of hydrogen-bond donors (Lipinski definition) is 1. The van der Waals surface area contributed by atoms with E-state index < -0.39 is 6.04 Å². The zero-order valence-corrected chi connectivity index (χ0v) is 17.6. The molecule has 1 atom stereocenters. The van der Waals surface area contributed by atoms with Crippen molar-refractivity contribution in [2.24, 2.45) is 0 Å². The van der Waals surface area contributed by atoms with E-state index in [-0.39, 0.29) is 17.8 Å². The molecule has 7 nitrogen and oxygen atoms in total. The molecule has 0 saturated heterocycles. The molecule has 2 heterocycles. The number of carbonyl (C=O) groups excluding carboxylic acids is 2. The van der Waals surface area contributed by atoms with E-state index in [9.17, 15) is 14.0 Å². The van der Waals surface area contributed by atoms with Gasteiger partial charge in [-0.3, -0.25) is 9.69 Å². The molecule has 31 heavy (non-hydrogen) atoms. The van der Waals surface area contributed by atoms with Crippen LogP contribution in [0.4, 0.5) is 9.18 Å². The molecule has 0 unspecified atom stereocenters. The fraction of sp³-hybridized carbons (Fsp3) is 0.304. The molecule has 1 N–H and O–H groups in total. The topological polar surface area (TPSA) is 71.1 Å². The Hall–Kier alpha value is -3.55. The molecule has 0 radical (unpaired) electrons. The lowest BCUT2D eigenvalue weighted by molar-refractivity contribution is -0.125. The molecule has 3 amide bonds. The molecular formula is C23H24FN3O4. The Bertz CT molecular complexity index is 1050. The van der Waals surface area contributed by atoms with Gasteiger partial charge < -0.3 is 19.7 Å². The fourth-order valence-electron chi connectivity index (χ4n) is 4.01. The number of nitrogens with one attached hydrogen (secondary N) is 1. The molecule has 8 heteroatoms. The van der Waals surface area contributed by atoms with Gasteiger partial charge in [0, 0.05) is 13.6 Å². The van der Waals surface area contributed by atoms with E-state index in [1.54, 1.807) is 38.3 Å². The minimum atomic E-state index is -0.599. The highest BCUT2D eigenvalue weighted by atomic mass is 19.1. The molecule has 0 saturated carbocycles. The molecule has 0 aliphatic carbocycles. The molecule has 2 aromatic carbocycles. The molecule has 0 aromatic heterocycles. The van der Waals surface area contributed by atoms with Gasteiger partial charge in [-0.05, 0) is 41.8 Å². The van der Waals surface area contributed by atoms with Crippen molar-refractivity contribution in [3.63, 3.8) is 0 Å². The first-order chi connectivity index (χ1) is 14.9. The van der Waals surface area contributed by atoms with Crippen LogP contribution in [0.1, 0.15) is 17.2 Å². The van der Waals surface area contributed by atoms with Crippen molar-refractivity contribution < 1.29 is 23.5 Å². The summed E-state index contributed by atoms with van der Waals surface area (Å²) >= 11 is 0. The van der Waals surface area contributed by atoms with Gasteiger partial charge >= 0.3 is 6.03 Å². The second kappa shape index (κ2) is 8.29. The van der Waals surface area contributed by atoms with E-state index in [2.05, 4.69) is 5.32 Å². The highest BCUT2D eigenvalue weighted by molar-refractivity contribution is 6.01. The second-order valence-electron chi connectivity index (χ2n) is 7.52. The molecule has 4 rings (SSSR count). The van der Waals surface area contributed by atoms with Crippen LogP contribution in [0.15, 0.2) is 53.7 Å². The first kappa shape index (κ1) is 20.7. The van der Waals surface area contributed by atoms with E-state index in [1.807, 2.05) is 18.2 Å². The summed E-state index contributed by atoms with van der Waals surface area (Å²) in [5.74, 6) is 0.785. The van der Waals surface area contributed by atoms with Crippen molar-refractivity contribution in [1.29, 1.82) is 0 Å². The third-order valence-corrected chi connectivity index (χ3v) is 5.76. The van der Waals surface area contributed by atoms with Crippen LogP contribution in [0, 0.1) is 5.82 Å². The normalized spacial score (nSPS) is 18.3. The average molecular weight is 425 g/mol. The number of benzene rings is 2. The van der Waals surface area contributed by atoms with Gasteiger partial charge in [0.15, 0.2) is 11.5 Å². The van der Waals surface area contributed by atoms with E-state index in [0.29, 0.717) is 47.8 Å². The Balaban J connectivity index is 1.54. The van der Waals surface area contributed by atoms with Crippen LogP contribution < -0.4 is 14.8 Å². The lowest BCUT2D eigenvalue weighted by Crippen LogP contribution is -2.45. The number of rotatable bonds is 6. The van der Waals surface area contributed by atoms with Gasteiger partial charge in [0.1, 0.15) is 5.82 Å². The molecule has 0 fully saturated rings. The van der Waals surface area contributed by atoms with E-state index in [0.717, 1.165) is 5.56 Å². The maximum Gasteiger partial charge on any atom is 0.322 e. The Morgan fingerprint density at radius 3 is 2.45 bits per heavy atom. The maximum absolute atomic E-state index is 13.4. The number of likely N-dealkylation sites (N-methyl/N-ethyl adjacent to an activating group) is 1. The summed E-state index contributed by atoms with van der Waals surface area (Å²) in [7, 11) is 4.82. The predicted octanol–water partition coefficient (Wildman–Crippen LogP) is 2.88. The van der Waals surface area contributed by atoms with Crippen molar-refractivity contribution in [3.05, 3.63) is 70.7 Å². The van der Waals surface area contributed by atoms with Gasteiger partial charge in [0.25, 0.3) is 5.91 Å². The number of halogens is 1. The summed E-state index contributed by atoms with van der Waals surface area (Å²) in [4.78, 5) is 28.9. The monoisotopic (exact) mass is 425 g/mol. The van der Waals surface area contributed by atoms with Crippen LogP contribution in [0.3, 0.4) is 0 Å². The van der Waals surface area contributed by atoms with Gasteiger partial charge in [0.2, 0.25) is 0 Å². The van der Waals surface area contributed by atoms with Gasteiger partial charge in [-0.1, -0.05) is 18.2 Å². The zero-order valence-electron chi connectivity index (χ0n) is 17.6. The van der Waals surface area contributed by atoms with Crippen LogP contribution >= 0.6 is 0 Å². The highest BCUT2D eigenvalue weighted by Crippen LogP contribution is 2.36. The van der Waals surface area contributed by atoms with Gasteiger partial charge in [0.05, 0.1) is 38.1 Å². The van der Waals surface area contributed by atoms with Crippen molar-refractivity contribution in [2.75, 3.05) is 34.4 Å². The fourth-order valence-corrected chi connectivity index (χ4v) is 4.01. The molecule has 0 bridgehead atoms. The lowest BCUT2D eigenvalue weighted by atomic mass is 9.96. The second-order valence-corrected chi connectivity index (χ2v) is 7.52. The summed E-state index contributed by atoms with van der Waals surface area (Å²) in [5.41, 5.74) is 2.88. The van der Waals surface area contributed by atoms with Gasteiger partial charge in [-0.15, -0.1) is 0 Å². The van der Waals surface area contributed by atoms with Crippen LogP contribution in [0.2, 0.25) is 0 Å². The van der Waals surface area contributed by atoms with Crippen LogP contribution in [0.25, 0.3) is 0 Å². The summed E-state index contributed by atoms with van der Waals surface area (Å²) in [5, 5.41) is 2.85. The molecule has 0 spiro atoms. The van der Waals surface area contributed by atoms with E-state index >= 15 is 0 Å². The summed E-state index contributed by atoms with van der Waals surface area (Å²) in [6, 6.07) is 10.6. The largest absolute Gasteiger partial charge is 0.493 e. The number of hydrogen-bond acceptors (Lipinski definition) is 4. The SMILES string of the molecule is COc1ccc(CCN2CC3=C(C2=O)[C@@H](c2ccc(F)cc2)NC(=O)N3C)cc1OC. The van der Waals surface area contributed by atoms with Gasteiger partial charge in [-0.2, -0.15) is 0 Å². The number of urea groups is 1. The lowest BCUT2D eigenvalue weighted by Gasteiger charge is -2.31. The maximum atomic E-state index is 13.4. The number of carbonyl (C=O) groups is 2. The van der Waals surface area contributed by atoms with Crippen molar-refractivity contribution in [1.82, 2.24) is 15.1 Å². The standard InChI is InChI=1S/C23H24FN3O4/c1-26-17-13-27(11-10-14-4-9-18(30-2)19(12-14)31-3)22(28)20(17)21(25-23(26)29)15-5-7-16(24)8-6-15/h4-9,12,21H,10-11,13H2,1-3H3,(H,25,29)/t21-/m1/s1. The van der Waals surface area contributed by atoms with Crippen LogP contribution in [-0.4, -0.2) is 56.1 Å². The minimum Gasteiger partial charge on any atom is -0.493 e. The highest BCUT2D eigenvalue weighted by Gasteiger charge is 2.42. The van der Waals surface area contributed by atoms with Crippen molar-refractivity contribution >= 4 is 11.9 Å². The summed E-state index contributed by atoms with van der Waals surface area (Å²) in [6.07, 6.45) is 0.624. The molecule has 162 valence electrons. The Morgan fingerprint density at radius 2 is 1.77 bits per heavy atom. The van der Waals surface area contributed by atoms with E-state index in [4.69, 9.17) is 9.47 Å². The molecule has 2 aliphatic heterocycles.